The van der Waals surface area contributed by atoms with Crippen molar-refractivity contribution >= 4 is 10.0 Å². The summed E-state index contributed by atoms with van der Waals surface area (Å²) < 4.78 is 59.8. The highest BCUT2D eigenvalue weighted by Crippen LogP contribution is 2.31. The molecule has 0 aromatic heterocycles. The summed E-state index contributed by atoms with van der Waals surface area (Å²) in [6, 6.07) is 0. The van der Waals surface area contributed by atoms with Crippen LogP contribution in [0.15, 0.2) is 0 Å². The number of alkyl halides is 3. The Labute approximate surface area is 92.1 Å². The fourth-order valence-corrected chi connectivity index (χ4v) is 3.16. The number of rotatable bonds is 6. The number of hydrogen-bond donors (Lipinski definition) is 1. The number of aliphatic hydroxyl groups is 1. The second-order valence-corrected chi connectivity index (χ2v) is 5.91. The summed E-state index contributed by atoms with van der Waals surface area (Å²) in [5.74, 6) is -0.261. The highest BCUT2D eigenvalue weighted by molar-refractivity contribution is 7.89. The predicted molar refractivity (Wildman–Crippen MR) is 51.2 cm³/mol. The minimum atomic E-state index is -4.58. The zero-order valence-electron chi connectivity index (χ0n) is 8.57. The molecule has 0 spiro atoms. The van der Waals surface area contributed by atoms with Crippen LogP contribution in [0, 0.1) is 5.92 Å². The number of aliphatic hydroxyl groups excluding tert-OH is 1. The highest BCUT2D eigenvalue weighted by atomic mass is 32.2. The van der Waals surface area contributed by atoms with E-state index in [9.17, 15) is 21.6 Å². The average molecular weight is 261 g/mol. The fourth-order valence-electron chi connectivity index (χ4n) is 1.32. The number of sulfonamides is 1. The minimum Gasteiger partial charge on any atom is -0.395 e. The fraction of sp³-hybridized carbons (Fsp3) is 1.00. The molecule has 8 heteroatoms. The zero-order chi connectivity index (χ0) is 12.4. The van der Waals surface area contributed by atoms with Gasteiger partial charge in [0.2, 0.25) is 10.0 Å². The van der Waals surface area contributed by atoms with E-state index in [0.717, 1.165) is 12.8 Å². The van der Waals surface area contributed by atoms with E-state index in [4.69, 9.17) is 5.11 Å². The van der Waals surface area contributed by atoms with Crippen LogP contribution in [0.3, 0.4) is 0 Å². The first-order chi connectivity index (χ1) is 7.24. The Kier molecular flexibility index (Phi) is 4.19. The highest BCUT2D eigenvalue weighted by Gasteiger charge is 2.38. The van der Waals surface area contributed by atoms with Gasteiger partial charge < -0.3 is 5.11 Å². The molecule has 0 heterocycles. The van der Waals surface area contributed by atoms with E-state index in [1.807, 2.05) is 0 Å². The van der Waals surface area contributed by atoms with Gasteiger partial charge in [-0.05, 0) is 18.8 Å². The van der Waals surface area contributed by atoms with Crippen molar-refractivity contribution in [2.45, 2.75) is 19.0 Å². The van der Waals surface area contributed by atoms with Gasteiger partial charge in [0.05, 0.1) is 12.4 Å². The standard InChI is InChI=1S/C8H14F3NO3S/c9-8(10,11)6-12(3-4-13)16(14,15)5-7-1-2-7/h7,13H,1-6H2. The molecule has 0 amide bonds. The van der Waals surface area contributed by atoms with Crippen LogP contribution in [0.1, 0.15) is 12.8 Å². The van der Waals surface area contributed by atoms with Gasteiger partial charge in [-0.15, -0.1) is 0 Å². The van der Waals surface area contributed by atoms with Crippen LogP contribution < -0.4 is 0 Å². The second kappa shape index (κ2) is 4.89. The van der Waals surface area contributed by atoms with Crippen molar-refractivity contribution in [2.24, 2.45) is 5.92 Å². The summed E-state index contributed by atoms with van der Waals surface area (Å²) in [5, 5.41) is 8.57. The van der Waals surface area contributed by atoms with E-state index in [-0.39, 0.29) is 11.7 Å². The molecular formula is C8H14F3NO3S. The predicted octanol–water partition coefficient (Wildman–Crippen LogP) is 0.583. The van der Waals surface area contributed by atoms with Gasteiger partial charge in [-0.1, -0.05) is 0 Å². The molecular weight excluding hydrogens is 247 g/mol. The Morgan fingerprint density at radius 3 is 2.25 bits per heavy atom. The van der Waals surface area contributed by atoms with Gasteiger partial charge in [0.25, 0.3) is 0 Å². The molecule has 0 bridgehead atoms. The van der Waals surface area contributed by atoms with Gasteiger partial charge in [-0.25, -0.2) is 8.42 Å². The first-order valence-corrected chi connectivity index (χ1v) is 6.51. The van der Waals surface area contributed by atoms with E-state index < -0.39 is 35.9 Å². The molecule has 16 heavy (non-hydrogen) atoms. The summed E-state index contributed by atoms with van der Waals surface area (Å²) in [5.41, 5.74) is 0. The van der Waals surface area contributed by atoms with Crippen molar-refractivity contribution < 1.29 is 26.7 Å². The molecule has 1 saturated carbocycles. The average Bonchev–Trinajstić information content (AvgIpc) is 2.84. The summed E-state index contributed by atoms with van der Waals surface area (Å²) in [6.07, 6.45) is -3.08. The van der Waals surface area contributed by atoms with Crippen molar-refractivity contribution in [1.29, 1.82) is 0 Å². The molecule has 1 rings (SSSR count). The number of halogens is 3. The van der Waals surface area contributed by atoms with Crippen LogP contribution in [0.4, 0.5) is 13.2 Å². The van der Waals surface area contributed by atoms with Gasteiger partial charge in [0, 0.05) is 6.54 Å². The Hall–Kier alpha value is -0.340. The first kappa shape index (κ1) is 13.7. The molecule has 0 radical (unpaired) electrons. The smallest absolute Gasteiger partial charge is 0.395 e. The van der Waals surface area contributed by atoms with Crippen molar-refractivity contribution in [3.63, 3.8) is 0 Å². The Bertz CT molecular complexity index is 324. The van der Waals surface area contributed by atoms with Crippen molar-refractivity contribution in [1.82, 2.24) is 4.31 Å². The SMILES string of the molecule is O=S(=O)(CC1CC1)N(CCO)CC(F)(F)F. The van der Waals surface area contributed by atoms with Crippen molar-refractivity contribution in [2.75, 3.05) is 25.4 Å². The van der Waals surface area contributed by atoms with Gasteiger partial charge in [-0.3, -0.25) is 0 Å². The van der Waals surface area contributed by atoms with Crippen LogP contribution in [0.5, 0.6) is 0 Å². The summed E-state index contributed by atoms with van der Waals surface area (Å²) >= 11 is 0. The Balaban J connectivity index is 2.66. The van der Waals surface area contributed by atoms with Crippen molar-refractivity contribution in [3.05, 3.63) is 0 Å². The van der Waals surface area contributed by atoms with Crippen LogP contribution in [0.25, 0.3) is 0 Å². The third-order valence-corrected chi connectivity index (χ3v) is 4.23. The summed E-state index contributed by atoms with van der Waals surface area (Å²) in [4.78, 5) is 0. The lowest BCUT2D eigenvalue weighted by atomic mass is 10.5. The first-order valence-electron chi connectivity index (χ1n) is 4.90. The van der Waals surface area contributed by atoms with Crippen LogP contribution in [-0.2, 0) is 10.0 Å². The van der Waals surface area contributed by atoms with E-state index in [0.29, 0.717) is 4.31 Å². The summed E-state index contributed by atoms with van der Waals surface area (Å²) in [6.45, 7) is -2.64. The van der Waals surface area contributed by atoms with Crippen LogP contribution in [-0.4, -0.2) is 49.5 Å². The normalized spacial score (nSPS) is 18.1. The van der Waals surface area contributed by atoms with E-state index in [2.05, 4.69) is 0 Å². The third-order valence-electron chi connectivity index (χ3n) is 2.24. The summed E-state index contributed by atoms with van der Waals surface area (Å²) in [7, 11) is -3.90. The lowest BCUT2D eigenvalue weighted by molar-refractivity contribution is -0.136. The Morgan fingerprint density at radius 2 is 1.88 bits per heavy atom. The number of hydrogen-bond acceptors (Lipinski definition) is 3. The van der Waals surface area contributed by atoms with Gasteiger partial charge in [0.1, 0.15) is 6.54 Å². The lowest BCUT2D eigenvalue weighted by Crippen LogP contribution is -2.42. The van der Waals surface area contributed by atoms with E-state index in [1.54, 1.807) is 0 Å². The molecule has 0 aromatic carbocycles. The number of nitrogens with zero attached hydrogens (tertiary/aromatic N) is 1. The maximum absolute atomic E-state index is 12.1. The monoisotopic (exact) mass is 261 g/mol. The zero-order valence-corrected chi connectivity index (χ0v) is 9.39. The van der Waals surface area contributed by atoms with Crippen LogP contribution in [0.2, 0.25) is 0 Å². The molecule has 96 valence electrons. The molecule has 1 aliphatic rings. The largest absolute Gasteiger partial charge is 0.402 e. The van der Waals surface area contributed by atoms with Gasteiger partial charge in [-0.2, -0.15) is 17.5 Å². The molecule has 0 aliphatic heterocycles. The maximum atomic E-state index is 12.1. The molecule has 1 aliphatic carbocycles. The molecule has 1 fully saturated rings. The second-order valence-electron chi connectivity index (χ2n) is 3.89. The molecule has 4 nitrogen and oxygen atoms in total. The molecule has 0 aromatic rings. The molecule has 0 atom stereocenters. The molecule has 0 saturated heterocycles. The third kappa shape index (κ3) is 4.67. The molecule has 0 unspecified atom stereocenters. The molecule has 1 N–H and O–H groups in total. The van der Waals surface area contributed by atoms with Crippen LogP contribution >= 0.6 is 0 Å². The quantitative estimate of drug-likeness (QED) is 0.761. The van der Waals surface area contributed by atoms with E-state index in [1.165, 1.54) is 0 Å². The minimum absolute atomic E-state index is 0.0144. The van der Waals surface area contributed by atoms with Crippen molar-refractivity contribution in [3.8, 4) is 0 Å². The topological polar surface area (TPSA) is 57.6 Å². The maximum Gasteiger partial charge on any atom is 0.402 e. The van der Waals surface area contributed by atoms with E-state index >= 15 is 0 Å². The van der Waals surface area contributed by atoms with Gasteiger partial charge in [0.15, 0.2) is 0 Å². The van der Waals surface area contributed by atoms with Gasteiger partial charge >= 0.3 is 6.18 Å². The Morgan fingerprint density at radius 1 is 1.31 bits per heavy atom. The lowest BCUT2D eigenvalue weighted by Gasteiger charge is -2.22.